The molecule has 1 fully saturated rings. The predicted molar refractivity (Wildman–Crippen MR) is 74.4 cm³/mol. The van der Waals surface area contributed by atoms with Gasteiger partial charge in [0, 0.05) is 46.8 Å². The van der Waals surface area contributed by atoms with E-state index in [9.17, 15) is 4.79 Å². The zero-order valence-corrected chi connectivity index (χ0v) is 12.2. The summed E-state index contributed by atoms with van der Waals surface area (Å²) in [5, 5.41) is 0. The van der Waals surface area contributed by atoms with Crippen molar-refractivity contribution in [2.45, 2.75) is 19.9 Å². The summed E-state index contributed by atoms with van der Waals surface area (Å²) in [4.78, 5) is 18.3. The molecule has 1 aliphatic heterocycles. The number of carbonyl (C=O) groups excluding carboxylic acids is 1. The normalized spacial score (nSPS) is 21.6. The lowest BCUT2D eigenvalue weighted by Crippen LogP contribution is -2.54. The van der Waals surface area contributed by atoms with Crippen LogP contribution in [-0.4, -0.2) is 80.0 Å². The molecule has 5 nitrogen and oxygen atoms in total. The molecule has 1 rings (SSSR count). The van der Waals surface area contributed by atoms with E-state index in [1.807, 2.05) is 21.0 Å². The second-order valence-corrected chi connectivity index (χ2v) is 5.59. The Kier molecular flexibility index (Phi) is 6.05. The maximum absolute atomic E-state index is 11.9. The summed E-state index contributed by atoms with van der Waals surface area (Å²) in [5.41, 5.74) is 5.65. The molecular weight excluding hydrogens is 228 g/mol. The fourth-order valence-corrected chi connectivity index (χ4v) is 2.38. The minimum absolute atomic E-state index is 0.00548. The standard InChI is InChI=1S/C13H28N4O/c1-11(9-14)10-16-5-7-17(8-6-16)12(2)13(18)15(3)4/h11-12H,5-10,14H2,1-4H3. The molecule has 0 spiro atoms. The summed E-state index contributed by atoms with van der Waals surface area (Å²) >= 11 is 0. The van der Waals surface area contributed by atoms with Crippen LogP contribution in [0, 0.1) is 5.92 Å². The second-order valence-electron chi connectivity index (χ2n) is 5.59. The quantitative estimate of drug-likeness (QED) is 0.732. The van der Waals surface area contributed by atoms with Crippen molar-refractivity contribution in [2.75, 3.05) is 53.4 Å². The molecule has 0 bridgehead atoms. The average Bonchev–Trinajstić information content (AvgIpc) is 2.37. The van der Waals surface area contributed by atoms with Gasteiger partial charge in [0.2, 0.25) is 5.91 Å². The van der Waals surface area contributed by atoms with E-state index >= 15 is 0 Å². The lowest BCUT2D eigenvalue weighted by atomic mass is 10.1. The maximum atomic E-state index is 11.9. The SMILES string of the molecule is CC(CN)CN1CCN(C(C)C(=O)N(C)C)CC1. The first-order valence-corrected chi connectivity index (χ1v) is 6.83. The van der Waals surface area contributed by atoms with Crippen LogP contribution in [0.1, 0.15) is 13.8 Å². The van der Waals surface area contributed by atoms with Gasteiger partial charge in [-0.3, -0.25) is 9.69 Å². The lowest BCUT2D eigenvalue weighted by molar-refractivity contribution is -0.134. The maximum Gasteiger partial charge on any atom is 0.239 e. The first-order valence-electron chi connectivity index (χ1n) is 6.83. The van der Waals surface area contributed by atoms with Crippen LogP contribution in [0.15, 0.2) is 0 Å². The fourth-order valence-electron chi connectivity index (χ4n) is 2.38. The van der Waals surface area contributed by atoms with Crippen molar-refractivity contribution in [1.82, 2.24) is 14.7 Å². The Labute approximate surface area is 111 Å². The zero-order valence-electron chi connectivity index (χ0n) is 12.2. The average molecular weight is 256 g/mol. The van der Waals surface area contributed by atoms with Crippen LogP contribution in [0.3, 0.4) is 0 Å². The Hall–Kier alpha value is -0.650. The molecule has 0 aliphatic carbocycles. The Morgan fingerprint density at radius 3 is 2.22 bits per heavy atom. The van der Waals surface area contributed by atoms with Crippen molar-refractivity contribution < 1.29 is 4.79 Å². The van der Waals surface area contributed by atoms with Gasteiger partial charge in [-0.25, -0.2) is 0 Å². The van der Waals surface area contributed by atoms with Crippen LogP contribution in [-0.2, 0) is 4.79 Å². The monoisotopic (exact) mass is 256 g/mol. The van der Waals surface area contributed by atoms with Crippen molar-refractivity contribution in [3.8, 4) is 0 Å². The van der Waals surface area contributed by atoms with Crippen LogP contribution in [0.5, 0.6) is 0 Å². The van der Waals surface area contributed by atoms with Gasteiger partial charge < -0.3 is 15.5 Å². The molecule has 1 aliphatic rings. The number of piperazine rings is 1. The highest BCUT2D eigenvalue weighted by Crippen LogP contribution is 2.09. The summed E-state index contributed by atoms with van der Waals surface area (Å²) in [6.07, 6.45) is 0. The number of hydrogen-bond acceptors (Lipinski definition) is 4. The summed E-state index contributed by atoms with van der Waals surface area (Å²) in [6.45, 7) is 10.0. The molecule has 2 atom stereocenters. The van der Waals surface area contributed by atoms with Gasteiger partial charge in [-0.2, -0.15) is 0 Å². The van der Waals surface area contributed by atoms with Gasteiger partial charge in [-0.05, 0) is 19.4 Å². The van der Waals surface area contributed by atoms with Crippen LogP contribution in [0.4, 0.5) is 0 Å². The van der Waals surface area contributed by atoms with E-state index in [0.717, 1.165) is 39.3 Å². The Morgan fingerprint density at radius 2 is 1.78 bits per heavy atom. The van der Waals surface area contributed by atoms with Crippen molar-refractivity contribution >= 4 is 5.91 Å². The predicted octanol–water partition coefficient (Wildman–Crippen LogP) is -0.324. The van der Waals surface area contributed by atoms with Crippen LogP contribution in [0.2, 0.25) is 0 Å². The molecule has 0 radical (unpaired) electrons. The molecule has 1 amide bonds. The smallest absolute Gasteiger partial charge is 0.239 e. The van der Waals surface area contributed by atoms with Crippen molar-refractivity contribution in [3.05, 3.63) is 0 Å². The molecular formula is C13H28N4O. The van der Waals surface area contributed by atoms with E-state index in [1.54, 1.807) is 4.90 Å². The third-order valence-corrected chi connectivity index (χ3v) is 3.73. The highest BCUT2D eigenvalue weighted by Gasteiger charge is 2.26. The lowest BCUT2D eigenvalue weighted by Gasteiger charge is -2.38. The Balaban J connectivity index is 2.37. The minimum atomic E-state index is -0.00548. The Bertz CT molecular complexity index is 262. The van der Waals surface area contributed by atoms with E-state index in [-0.39, 0.29) is 11.9 Å². The van der Waals surface area contributed by atoms with E-state index in [0.29, 0.717) is 5.92 Å². The minimum Gasteiger partial charge on any atom is -0.347 e. The number of hydrogen-bond donors (Lipinski definition) is 1. The first-order chi connectivity index (χ1) is 8.45. The number of rotatable bonds is 5. The van der Waals surface area contributed by atoms with Crippen molar-refractivity contribution in [1.29, 1.82) is 0 Å². The molecule has 0 aromatic carbocycles. The van der Waals surface area contributed by atoms with Crippen molar-refractivity contribution in [2.24, 2.45) is 11.7 Å². The van der Waals surface area contributed by atoms with Gasteiger partial charge >= 0.3 is 0 Å². The molecule has 0 aromatic rings. The van der Waals surface area contributed by atoms with Gasteiger partial charge in [0.1, 0.15) is 0 Å². The summed E-state index contributed by atoms with van der Waals surface area (Å²) in [5.74, 6) is 0.746. The highest BCUT2D eigenvalue weighted by atomic mass is 16.2. The Morgan fingerprint density at radius 1 is 1.22 bits per heavy atom. The molecule has 1 saturated heterocycles. The first kappa shape index (κ1) is 15.4. The summed E-state index contributed by atoms with van der Waals surface area (Å²) < 4.78 is 0. The van der Waals surface area contributed by atoms with Gasteiger partial charge in [-0.15, -0.1) is 0 Å². The van der Waals surface area contributed by atoms with E-state index < -0.39 is 0 Å². The largest absolute Gasteiger partial charge is 0.347 e. The second kappa shape index (κ2) is 7.07. The molecule has 106 valence electrons. The highest BCUT2D eigenvalue weighted by molar-refractivity contribution is 5.80. The van der Waals surface area contributed by atoms with Crippen LogP contribution >= 0.6 is 0 Å². The molecule has 0 saturated carbocycles. The zero-order chi connectivity index (χ0) is 13.7. The summed E-state index contributed by atoms with van der Waals surface area (Å²) in [6, 6.07) is -0.00548. The molecule has 1 heterocycles. The molecule has 5 heteroatoms. The van der Waals surface area contributed by atoms with E-state index in [2.05, 4.69) is 16.7 Å². The van der Waals surface area contributed by atoms with Gasteiger partial charge in [-0.1, -0.05) is 6.92 Å². The molecule has 18 heavy (non-hydrogen) atoms. The number of amides is 1. The number of likely N-dealkylation sites (N-methyl/N-ethyl adjacent to an activating group) is 1. The van der Waals surface area contributed by atoms with Crippen molar-refractivity contribution in [3.63, 3.8) is 0 Å². The number of nitrogens with two attached hydrogens (primary N) is 1. The summed E-state index contributed by atoms with van der Waals surface area (Å²) in [7, 11) is 3.63. The molecule has 2 N–H and O–H groups in total. The van der Waals surface area contributed by atoms with Gasteiger partial charge in [0.05, 0.1) is 6.04 Å². The molecule has 0 aromatic heterocycles. The third-order valence-electron chi connectivity index (χ3n) is 3.73. The number of nitrogens with zero attached hydrogens (tertiary/aromatic N) is 3. The van der Waals surface area contributed by atoms with Crippen LogP contribution < -0.4 is 5.73 Å². The molecule has 2 unspecified atom stereocenters. The van der Waals surface area contributed by atoms with E-state index in [1.165, 1.54) is 0 Å². The van der Waals surface area contributed by atoms with Gasteiger partial charge in [0.15, 0.2) is 0 Å². The topological polar surface area (TPSA) is 52.8 Å². The van der Waals surface area contributed by atoms with Crippen LogP contribution in [0.25, 0.3) is 0 Å². The fraction of sp³-hybridized carbons (Fsp3) is 0.923. The van der Waals surface area contributed by atoms with E-state index in [4.69, 9.17) is 5.73 Å². The third kappa shape index (κ3) is 4.23. The van der Waals surface area contributed by atoms with Gasteiger partial charge in [0.25, 0.3) is 0 Å². The number of carbonyl (C=O) groups is 1.